The Morgan fingerprint density at radius 1 is 1.17 bits per heavy atom. The minimum absolute atomic E-state index is 0.108. The van der Waals surface area contributed by atoms with Crippen LogP contribution in [0.3, 0.4) is 0 Å². The summed E-state index contributed by atoms with van der Waals surface area (Å²) in [5, 5.41) is 1.93. The molecule has 0 saturated carbocycles. The summed E-state index contributed by atoms with van der Waals surface area (Å²) in [5.74, 6) is -0.751. The minimum atomic E-state index is -0.749. The van der Waals surface area contributed by atoms with Gasteiger partial charge in [0.05, 0.1) is 12.8 Å². The van der Waals surface area contributed by atoms with E-state index in [0.29, 0.717) is 0 Å². The van der Waals surface area contributed by atoms with E-state index in [0.717, 1.165) is 27.6 Å². The number of hydrogen-bond donors (Lipinski definition) is 0. The highest BCUT2D eigenvalue weighted by Gasteiger charge is 2.30. The number of benzene rings is 2. The number of hydrogen-bond acceptors (Lipinski definition) is 4. The van der Waals surface area contributed by atoms with Gasteiger partial charge in [0.25, 0.3) is 5.91 Å². The molecule has 0 N–H and O–H groups in total. The number of esters is 1. The molecule has 0 aliphatic heterocycles. The van der Waals surface area contributed by atoms with Crippen LogP contribution < -0.4 is 4.90 Å². The van der Waals surface area contributed by atoms with E-state index < -0.39 is 12.0 Å². The Hall–Kier alpha value is -2.40. The van der Waals surface area contributed by atoms with Crippen molar-refractivity contribution in [2.45, 2.75) is 26.8 Å². The van der Waals surface area contributed by atoms with E-state index in [1.54, 1.807) is 6.92 Å². The van der Waals surface area contributed by atoms with Crippen molar-refractivity contribution in [2.75, 3.05) is 25.7 Å². The fraction of sp³-hybridized carbons (Fsp3) is 0.368. The van der Waals surface area contributed by atoms with Crippen LogP contribution in [0.1, 0.15) is 18.1 Å². The fourth-order valence-corrected chi connectivity index (χ4v) is 2.88. The molecule has 0 bridgehead atoms. The number of carbonyl (C=O) groups excluding carboxylic acids is 2. The van der Waals surface area contributed by atoms with Crippen LogP contribution in [0.4, 0.5) is 5.69 Å². The van der Waals surface area contributed by atoms with Crippen molar-refractivity contribution in [3.8, 4) is 0 Å². The Labute approximate surface area is 142 Å². The molecule has 5 heteroatoms. The monoisotopic (exact) mass is 329 g/mol. The van der Waals surface area contributed by atoms with Gasteiger partial charge in [-0.25, -0.2) is 4.79 Å². The molecule has 2 aromatic rings. The number of nitrogens with zero attached hydrogens (tertiary/aromatic N) is 1. The van der Waals surface area contributed by atoms with Gasteiger partial charge in [0.2, 0.25) is 0 Å². The Balaban J connectivity index is 2.74. The molecule has 0 heterocycles. The van der Waals surface area contributed by atoms with Gasteiger partial charge < -0.3 is 9.47 Å². The van der Waals surface area contributed by atoms with Crippen LogP contribution in [0.5, 0.6) is 0 Å². The zero-order valence-electron chi connectivity index (χ0n) is 14.8. The van der Waals surface area contributed by atoms with Crippen LogP contribution in [-0.4, -0.2) is 38.7 Å². The van der Waals surface area contributed by atoms with Gasteiger partial charge in [-0.2, -0.15) is 0 Å². The zero-order chi connectivity index (χ0) is 17.9. The van der Waals surface area contributed by atoms with Gasteiger partial charge in [0, 0.05) is 12.5 Å². The molecule has 0 aliphatic carbocycles. The number of carbonyl (C=O) groups is 2. The van der Waals surface area contributed by atoms with Crippen molar-refractivity contribution in [1.82, 2.24) is 0 Å². The minimum Gasteiger partial charge on any atom is -0.467 e. The molecule has 1 amide bonds. The third kappa shape index (κ3) is 3.26. The average molecular weight is 329 g/mol. The normalized spacial score (nSPS) is 12.0. The third-order valence-corrected chi connectivity index (χ3v) is 4.24. The van der Waals surface area contributed by atoms with Gasteiger partial charge in [-0.1, -0.05) is 30.3 Å². The van der Waals surface area contributed by atoms with Crippen molar-refractivity contribution in [1.29, 1.82) is 0 Å². The standard InChI is InChI=1S/C19H23NO4/c1-12-10-15-8-6-7-9-16(15)18(13(12)2)20(17(21)11-23-4)14(3)19(22)24-5/h6-10,14H,11H2,1-5H3/t14-/m0/s1. The molecule has 128 valence electrons. The van der Waals surface area contributed by atoms with Crippen LogP contribution in [0.15, 0.2) is 30.3 Å². The highest BCUT2D eigenvalue weighted by molar-refractivity contribution is 6.08. The number of aryl methyl sites for hydroxylation is 1. The molecule has 0 spiro atoms. The number of amides is 1. The lowest BCUT2D eigenvalue weighted by Crippen LogP contribution is -2.46. The Bertz CT molecular complexity index is 769. The molecule has 0 radical (unpaired) electrons. The predicted octanol–water partition coefficient (Wildman–Crippen LogP) is 3.00. The number of ether oxygens (including phenoxy) is 2. The summed E-state index contributed by atoms with van der Waals surface area (Å²) in [7, 11) is 2.78. The predicted molar refractivity (Wildman–Crippen MR) is 94.3 cm³/mol. The van der Waals surface area contributed by atoms with Gasteiger partial charge in [0.15, 0.2) is 0 Å². The Kier molecular flexibility index (Phi) is 5.57. The van der Waals surface area contributed by atoms with Crippen LogP contribution in [0, 0.1) is 13.8 Å². The average Bonchev–Trinajstić information content (AvgIpc) is 2.57. The largest absolute Gasteiger partial charge is 0.467 e. The van der Waals surface area contributed by atoms with Gasteiger partial charge >= 0.3 is 5.97 Å². The third-order valence-electron chi connectivity index (χ3n) is 4.24. The molecule has 0 aliphatic rings. The number of methoxy groups -OCH3 is 2. The van der Waals surface area contributed by atoms with E-state index in [1.165, 1.54) is 19.1 Å². The highest BCUT2D eigenvalue weighted by atomic mass is 16.5. The van der Waals surface area contributed by atoms with Crippen molar-refractivity contribution >= 4 is 28.3 Å². The molecular formula is C19H23NO4. The SMILES string of the molecule is COCC(=O)N(c1c(C)c(C)cc2ccccc12)[C@@H](C)C(=O)OC. The summed E-state index contributed by atoms with van der Waals surface area (Å²) in [5.41, 5.74) is 2.73. The van der Waals surface area contributed by atoms with E-state index in [-0.39, 0.29) is 12.5 Å². The first-order valence-corrected chi connectivity index (χ1v) is 7.80. The molecule has 0 aromatic heterocycles. The molecule has 0 saturated heterocycles. The maximum atomic E-state index is 12.7. The van der Waals surface area contributed by atoms with Crippen LogP contribution in [-0.2, 0) is 19.1 Å². The summed E-state index contributed by atoms with van der Waals surface area (Å²) in [6.45, 7) is 5.50. The first-order valence-electron chi connectivity index (χ1n) is 7.80. The van der Waals surface area contributed by atoms with E-state index in [1.807, 2.05) is 38.1 Å². The summed E-state index contributed by atoms with van der Waals surface area (Å²) in [6.07, 6.45) is 0. The molecule has 24 heavy (non-hydrogen) atoms. The van der Waals surface area contributed by atoms with Gasteiger partial charge in [0.1, 0.15) is 12.6 Å². The zero-order valence-corrected chi connectivity index (χ0v) is 14.8. The topological polar surface area (TPSA) is 55.8 Å². The first-order chi connectivity index (χ1) is 11.4. The number of rotatable bonds is 5. The summed E-state index contributed by atoms with van der Waals surface area (Å²) in [6, 6.07) is 9.15. The summed E-state index contributed by atoms with van der Waals surface area (Å²) in [4.78, 5) is 26.3. The highest BCUT2D eigenvalue weighted by Crippen LogP contribution is 2.34. The molecule has 1 atom stereocenters. The van der Waals surface area contributed by atoms with E-state index >= 15 is 0 Å². The second-order valence-corrected chi connectivity index (χ2v) is 5.78. The van der Waals surface area contributed by atoms with E-state index in [9.17, 15) is 9.59 Å². The smallest absolute Gasteiger partial charge is 0.328 e. The molecule has 5 nitrogen and oxygen atoms in total. The second kappa shape index (κ2) is 7.45. The van der Waals surface area contributed by atoms with Crippen molar-refractivity contribution in [3.05, 3.63) is 41.5 Å². The van der Waals surface area contributed by atoms with Gasteiger partial charge in [-0.3, -0.25) is 9.69 Å². The van der Waals surface area contributed by atoms with Crippen LogP contribution >= 0.6 is 0 Å². The Morgan fingerprint density at radius 2 is 1.83 bits per heavy atom. The van der Waals surface area contributed by atoms with Crippen molar-refractivity contribution in [3.63, 3.8) is 0 Å². The maximum absolute atomic E-state index is 12.7. The molecule has 2 rings (SSSR count). The summed E-state index contributed by atoms with van der Waals surface area (Å²) < 4.78 is 9.86. The second-order valence-electron chi connectivity index (χ2n) is 5.78. The van der Waals surface area contributed by atoms with Gasteiger partial charge in [-0.15, -0.1) is 0 Å². The van der Waals surface area contributed by atoms with Crippen molar-refractivity contribution in [2.24, 2.45) is 0 Å². The quantitative estimate of drug-likeness (QED) is 0.791. The molecular weight excluding hydrogens is 306 g/mol. The molecule has 0 unspecified atom stereocenters. The lowest BCUT2D eigenvalue weighted by atomic mass is 9.98. The van der Waals surface area contributed by atoms with Crippen molar-refractivity contribution < 1.29 is 19.1 Å². The molecule has 0 fully saturated rings. The van der Waals surface area contributed by atoms with Crippen LogP contribution in [0.25, 0.3) is 10.8 Å². The Morgan fingerprint density at radius 3 is 2.46 bits per heavy atom. The first kappa shape index (κ1) is 17.9. The lowest BCUT2D eigenvalue weighted by Gasteiger charge is -2.30. The number of fused-ring (bicyclic) bond motifs is 1. The van der Waals surface area contributed by atoms with Gasteiger partial charge in [-0.05, 0) is 37.3 Å². The molecule has 2 aromatic carbocycles. The maximum Gasteiger partial charge on any atom is 0.328 e. The van der Waals surface area contributed by atoms with E-state index in [2.05, 4.69) is 6.07 Å². The summed E-state index contributed by atoms with van der Waals surface area (Å²) >= 11 is 0. The van der Waals surface area contributed by atoms with E-state index in [4.69, 9.17) is 9.47 Å². The lowest BCUT2D eigenvalue weighted by molar-refractivity contribution is -0.143. The fourth-order valence-electron chi connectivity index (χ4n) is 2.88. The van der Waals surface area contributed by atoms with Crippen LogP contribution in [0.2, 0.25) is 0 Å². The number of anilines is 1.